The van der Waals surface area contributed by atoms with Gasteiger partial charge in [0.25, 0.3) is 0 Å². The first-order chi connectivity index (χ1) is 10.1. The number of para-hydroxylation sites is 1. The highest BCUT2D eigenvalue weighted by Gasteiger charge is 2.11. The summed E-state index contributed by atoms with van der Waals surface area (Å²) >= 11 is 0. The molecule has 0 spiro atoms. The lowest BCUT2D eigenvalue weighted by molar-refractivity contribution is 0.756. The molecule has 5 nitrogen and oxygen atoms in total. The third-order valence-corrected chi connectivity index (χ3v) is 3.51. The predicted molar refractivity (Wildman–Crippen MR) is 83.5 cm³/mol. The number of aryl methyl sites for hydroxylation is 2. The number of hydrogen-bond donors (Lipinski definition) is 1. The fraction of sp³-hybridized carbons (Fsp3) is 0.250. The molecule has 0 aliphatic heterocycles. The van der Waals surface area contributed by atoms with Gasteiger partial charge in [0.1, 0.15) is 0 Å². The maximum absolute atomic E-state index is 4.43. The molecule has 0 saturated carbocycles. The Bertz CT molecular complexity index is 726. The Morgan fingerprint density at radius 3 is 2.57 bits per heavy atom. The van der Waals surface area contributed by atoms with Gasteiger partial charge in [-0.25, -0.2) is 4.68 Å². The molecule has 21 heavy (non-hydrogen) atoms. The Morgan fingerprint density at radius 1 is 1.14 bits per heavy atom. The van der Waals surface area contributed by atoms with Crippen molar-refractivity contribution in [2.45, 2.75) is 19.9 Å². The lowest BCUT2D eigenvalue weighted by Gasteiger charge is -2.12. The average Bonchev–Trinajstić information content (AvgIpc) is 3.07. The van der Waals surface area contributed by atoms with Crippen LogP contribution in [0.2, 0.25) is 0 Å². The van der Waals surface area contributed by atoms with E-state index in [2.05, 4.69) is 28.6 Å². The van der Waals surface area contributed by atoms with Crippen LogP contribution in [0.25, 0.3) is 5.69 Å². The summed E-state index contributed by atoms with van der Waals surface area (Å²) in [5.74, 6) is 0. The molecular formula is C16H19N5. The zero-order chi connectivity index (χ0) is 14.8. The summed E-state index contributed by atoms with van der Waals surface area (Å²) in [7, 11) is 1.93. The molecule has 0 aliphatic carbocycles. The molecule has 0 bridgehead atoms. The van der Waals surface area contributed by atoms with Gasteiger partial charge in [-0.05, 0) is 26.0 Å². The van der Waals surface area contributed by atoms with Gasteiger partial charge in [0.15, 0.2) is 0 Å². The Hall–Kier alpha value is -2.56. The second kappa shape index (κ2) is 5.44. The fourth-order valence-electron chi connectivity index (χ4n) is 2.34. The number of anilines is 1. The van der Waals surface area contributed by atoms with Gasteiger partial charge in [-0.15, -0.1) is 0 Å². The summed E-state index contributed by atoms with van der Waals surface area (Å²) in [6, 6.07) is 10.3. The van der Waals surface area contributed by atoms with Crippen LogP contribution in [0, 0.1) is 6.92 Å². The second-order valence-electron chi connectivity index (χ2n) is 5.22. The van der Waals surface area contributed by atoms with Crippen LogP contribution >= 0.6 is 0 Å². The van der Waals surface area contributed by atoms with Crippen LogP contribution in [0.15, 0.2) is 48.9 Å². The summed E-state index contributed by atoms with van der Waals surface area (Å²) in [5.41, 5.74) is 4.26. The zero-order valence-electron chi connectivity index (χ0n) is 12.5. The number of benzene rings is 1. The number of nitrogens with one attached hydrogen (secondary N) is 1. The smallest absolute Gasteiger partial charge is 0.0825 e. The third kappa shape index (κ3) is 2.81. The highest BCUT2D eigenvalue weighted by molar-refractivity contribution is 5.47. The molecule has 5 heteroatoms. The second-order valence-corrected chi connectivity index (χ2v) is 5.22. The van der Waals surface area contributed by atoms with Crippen LogP contribution in [0.4, 0.5) is 5.69 Å². The van der Waals surface area contributed by atoms with E-state index < -0.39 is 0 Å². The minimum absolute atomic E-state index is 0.172. The van der Waals surface area contributed by atoms with Gasteiger partial charge in [0.2, 0.25) is 0 Å². The van der Waals surface area contributed by atoms with E-state index in [0.717, 1.165) is 22.6 Å². The molecule has 0 saturated heterocycles. The van der Waals surface area contributed by atoms with Crippen LogP contribution in [-0.4, -0.2) is 19.6 Å². The van der Waals surface area contributed by atoms with Crippen molar-refractivity contribution in [2.24, 2.45) is 7.05 Å². The van der Waals surface area contributed by atoms with Crippen LogP contribution in [0.1, 0.15) is 24.2 Å². The SMILES string of the molecule is Cc1nn(C)cc1NC(C)c1cnn(-c2ccccc2)c1. The summed E-state index contributed by atoms with van der Waals surface area (Å²) < 4.78 is 3.71. The maximum atomic E-state index is 4.43. The maximum Gasteiger partial charge on any atom is 0.0825 e. The Kier molecular flexibility index (Phi) is 3.48. The minimum Gasteiger partial charge on any atom is -0.376 e. The third-order valence-electron chi connectivity index (χ3n) is 3.51. The minimum atomic E-state index is 0.172. The monoisotopic (exact) mass is 281 g/mol. The van der Waals surface area contributed by atoms with E-state index in [1.165, 1.54) is 0 Å². The average molecular weight is 281 g/mol. The van der Waals surface area contributed by atoms with E-state index in [-0.39, 0.29) is 6.04 Å². The van der Waals surface area contributed by atoms with Gasteiger partial charge in [-0.3, -0.25) is 4.68 Å². The summed E-state index contributed by atoms with van der Waals surface area (Å²) in [6.45, 7) is 4.13. The van der Waals surface area contributed by atoms with Gasteiger partial charge in [-0.1, -0.05) is 18.2 Å². The molecule has 0 aliphatic rings. The lowest BCUT2D eigenvalue weighted by atomic mass is 10.2. The van der Waals surface area contributed by atoms with Crippen LogP contribution in [-0.2, 0) is 7.05 Å². The Labute approximate surface area is 124 Å². The number of nitrogens with zero attached hydrogens (tertiary/aromatic N) is 4. The first-order valence-corrected chi connectivity index (χ1v) is 7.00. The summed E-state index contributed by atoms with van der Waals surface area (Å²) in [6.07, 6.45) is 5.95. The van der Waals surface area contributed by atoms with Crippen molar-refractivity contribution in [1.82, 2.24) is 19.6 Å². The van der Waals surface area contributed by atoms with Crippen molar-refractivity contribution < 1.29 is 0 Å². The molecule has 3 rings (SSSR count). The van der Waals surface area contributed by atoms with Gasteiger partial charge >= 0.3 is 0 Å². The standard InChI is InChI=1S/C16H19N5/c1-12(18-16-11-20(3)19-13(16)2)14-9-17-21(10-14)15-7-5-4-6-8-15/h4-12,18H,1-3H3. The molecule has 1 N–H and O–H groups in total. The summed E-state index contributed by atoms with van der Waals surface area (Å²) in [5, 5.41) is 12.3. The fourth-order valence-corrected chi connectivity index (χ4v) is 2.34. The van der Waals surface area contributed by atoms with Crippen molar-refractivity contribution in [3.8, 4) is 5.69 Å². The first-order valence-electron chi connectivity index (χ1n) is 7.00. The molecule has 2 heterocycles. The van der Waals surface area contributed by atoms with Crippen LogP contribution < -0.4 is 5.32 Å². The number of rotatable bonds is 4. The molecule has 108 valence electrons. The highest BCUT2D eigenvalue weighted by atomic mass is 15.3. The van der Waals surface area contributed by atoms with Gasteiger partial charge in [0.05, 0.1) is 29.3 Å². The number of aromatic nitrogens is 4. The first kappa shape index (κ1) is 13.4. The zero-order valence-corrected chi connectivity index (χ0v) is 12.5. The van der Waals surface area contributed by atoms with E-state index >= 15 is 0 Å². The quantitative estimate of drug-likeness (QED) is 0.799. The van der Waals surface area contributed by atoms with E-state index in [0.29, 0.717) is 0 Å². The van der Waals surface area contributed by atoms with E-state index in [4.69, 9.17) is 0 Å². The molecule has 0 amide bonds. The van der Waals surface area contributed by atoms with Gasteiger partial charge in [-0.2, -0.15) is 10.2 Å². The molecule has 0 radical (unpaired) electrons. The molecule has 3 aromatic rings. The van der Waals surface area contributed by atoms with E-state index in [9.17, 15) is 0 Å². The van der Waals surface area contributed by atoms with Crippen molar-refractivity contribution in [3.05, 3.63) is 60.2 Å². The van der Waals surface area contributed by atoms with Crippen molar-refractivity contribution in [1.29, 1.82) is 0 Å². The van der Waals surface area contributed by atoms with Crippen LogP contribution in [0.5, 0.6) is 0 Å². The van der Waals surface area contributed by atoms with Crippen molar-refractivity contribution in [3.63, 3.8) is 0 Å². The Morgan fingerprint density at radius 2 is 1.90 bits per heavy atom. The van der Waals surface area contributed by atoms with Crippen molar-refractivity contribution in [2.75, 3.05) is 5.32 Å². The molecular weight excluding hydrogens is 262 g/mol. The Balaban J connectivity index is 1.78. The molecule has 1 aromatic carbocycles. The van der Waals surface area contributed by atoms with Crippen LogP contribution in [0.3, 0.4) is 0 Å². The molecule has 1 atom stereocenters. The number of hydrogen-bond acceptors (Lipinski definition) is 3. The molecule has 1 unspecified atom stereocenters. The largest absolute Gasteiger partial charge is 0.376 e. The van der Waals surface area contributed by atoms with E-state index in [1.807, 2.05) is 66.1 Å². The molecule has 0 fully saturated rings. The normalized spacial score (nSPS) is 12.3. The predicted octanol–water partition coefficient (Wildman–Crippen LogP) is 3.09. The molecule has 2 aromatic heterocycles. The van der Waals surface area contributed by atoms with E-state index in [1.54, 1.807) is 0 Å². The topological polar surface area (TPSA) is 47.7 Å². The van der Waals surface area contributed by atoms with Gasteiger partial charge < -0.3 is 5.32 Å². The van der Waals surface area contributed by atoms with Gasteiger partial charge in [0, 0.05) is 25.0 Å². The lowest BCUT2D eigenvalue weighted by Crippen LogP contribution is -2.06. The summed E-state index contributed by atoms with van der Waals surface area (Å²) in [4.78, 5) is 0. The van der Waals surface area contributed by atoms with Crippen molar-refractivity contribution >= 4 is 5.69 Å². The highest BCUT2D eigenvalue weighted by Crippen LogP contribution is 2.21.